The molecule has 0 spiro atoms. The van der Waals surface area contributed by atoms with Crippen molar-refractivity contribution in [2.24, 2.45) is 5.11 Å². The number of aromatic nitrogens is 1. The van der Waals surface area contributed by atoms with Crippen LogP contribution in [0.3, 0.4) is 0 Å². The van der Waals surface area contributed by atoms with Crippen molar-refractivity contribution in [3.05, 3.63) is 52.9 Å². The molecule has 0 aliphatic heterocycles. The molecule has 5 nitrogen and oxygen atoms in total. The van der Waals surface area contributed by atoms with Crippen molar-refractivity contribution in [2.45, 2.75) is 0 Å². The monoisotopic (exact) mass is 235 g/mol. The Kier molecular flexibility index (Phi) is 2.25. The molecule has 0 radical (unpaired) electrons. The molecule has 0 fully saturated rings. The molecule has 1 heterocycles. The van der Waals surface area contributed by atoms with Crippen molar-refractivity contribution < 1.29 is 0 Å². The van der Waals surface area contributed by atoms with Gasteiger partial charge in [-0.3, -0.25) is 0 Å². The largest absolute Gasteiger partial charge is 0.398 e. The number of azide groups is 1. The van der Waals surface area contributed by atoms with Gasteiger partial charge in [0.2, 0.25) is 0 Å². The van der Waals surface area contributed by atoms with E-state index in [2.05, 4.69) is 15.0 Å². The van der Waals surface area contributed by atoms with Crippen LogP contribution in [0.2, 0.25) is 0 Å². The summed E-state index contributed by atoms with van der Waals surface area (Å²) in [6.07, 6.45) is 0. The first-order valence-corrected chi connectivity index (χ1v) is 5.43. The van der Waals surface area contributed by atoms with Gasteiger partial charge in [0.15, 0.2) is 0 Å². The lowest BCUT2D eigenvalue weighted by Gasteiger charge is -2.08. The summed E-state index contributed by atoms with van der Waals surface area (Å²) in [4.78, 5) is 7.34. The van der Waals surface area contributed by atoms with Crippen molar-refractivity contribution in [3.8, 4) is 0 Å². The predicted octanol–water partition coefficient (Wildman–Crippen LogP) is 3.91. The van der Waals surface area contributed by atoms with E-state index in [1.807, 2.05) is 30.3 Å². The number of anilines is 1. The third-order valence-electron chi connectivity index (χ3n) is 2.88. The van der Waals surface area contributed by atoms with Gasteiger partial charge >= 0.3 is 0 Å². The quantitative estimate of drug-likeness (QED) is 0.300. The van der Waals surface area contributed by atoms with Crippen molar-refractivity contribution in [1.82, 2.24) is 4.98 Å². The maximum Gasteiger partial charge on any atom is 0.0735 e. The van der Waals surface area contributed by atoms with Crippen LogP contribution in [0.5, 0.6) is 0 Å². The first-order valence-electron chi connectivity index (χ1n) is 5.43. The Morgan fingerprint density at radius 1 is 1.06 bits per heavy atom. The van der Waals surface area contributed by atoms with Gasteiger partial charge in [0.25, 0.3) is 0 Å². The Balaban J connectivity index is 2.56. The minimum Gasteiger partial charge on any atom is -0.398 e. The van der Waals surface area contributed by atoms with E-state index in [0.717, 1.165) is 16.4 Å². The molecular formula is C13H9N5. The Hall–Kier alpha value is -2.78. The molecule has 0 aliphatic rings. The fraction of sp³-hybridized carbons (Fsp3) is 0. The summed E-state index contributed by atoms with van der Waals surface area (Å²) >= 11 is 0. The van der Waals surface area contributed by atoms with Crippen LogP contribution in [0.1, 0.15) is 0 Å². The molecule has 2 N–H and O–H groups in total. The Morgan fingerprint density at radius 2 is 1.83 bits per heavy atom. The second kappa shape index (κ2) is 3.91. The number of nitrogen functional groups attached to an aromatic ring is 1. The van der Waals surface area contributed by atoms with Crippen LogP contribution in [0.25, 0.3) is 32.2 Å². The van der Waals surface area contributed by atoms with Crippen molar-refractivity contribution >= 4 is 33.2 Å². The normalized spacial score (nSPS) is 10.4. The van der Waals surface area contributed by atoms with Crippen LogP contribution in [0.15, 0.2) is 47.6 Å². The van der Waals surface area contributed by atoms with Crippen LogP contribution in [0, 0.1) is 0 Å². The number of nitrogens with two attached hydrogens (primary N) is 1. The zero-order chi connectivity index (χ0) is 12.5. The van der Waals surface area contributed by atoms with E-state index in [9.17, 15) is 0 Å². The first-order chi connectivity index (χ1) is 8.81. The van der Waals surface area contributed by atoms with Gasteiger partial charge in [-0.25, -0.2) is 4.98 Å². The van der Waals surface area contributed by atoms with Gasteiger partial charge in [-0.15, -0.1) is 0 Å². The fourth-order valence-electron chi connectivity index (χ4n) is 2.09. The van der Waals surface area contributed by atoms with Crippen LogP contribution in [0.4, 0.5) is 11.4 Å². The van der Waals surface area contributed by atoms with Crippen molar-refractivity contribution in [3.63, 3.8) is 0 Å². The van der Waals surface area contributed by atoms with Gasteiger partial charge in [-0.2, -0.15) is 0 Å². The molecular weight excluding hydrogens is 226 g/mol. The van der Waals surface area contributed by atoms with E-state index >= 15 is 0 Å². The lowest BCUT2D eigenvalue weighted by molar-refractivity contribution is 1.46. The standard InChI is InChI=1S/C13H9N5/c14-13-8-4-1-2-5-9(8)16-10-6-3-7-11(12(10)13)17-18-15/h1-7H,(H2,14,16). The summed E-state index contributed by atoms with van der Waals surface area (Å²) in [6, 6.07) is 13.0. The second-order valence-corrected chi connectivity index (χ2v) is 3.90. The summed E-state index contributed by atoms with van der Waals surface area (Å²) in [7, 11) is 0. The molecule has 0 saturated heterocycles. The van der Waals surface area contributed by atoms with Gasteiger partial charge in [-0.05, 0) is 17.7 Å². The van der Waals surface area contributed by atoms with Gasteiger partial charge in [0.05, 0.1) is 16.7 Å². The summed E-state index contributed by atoms with van der Waals surface area (Å²) in [6.45, 7) is 0. The number of fused-ring (bicyclic) bond motifs is 2. The molecule has 1 aromatic heterocycles. The zero-order valence-electron chi connectivity index (χ0n) is 9.41. The summed E-state index contributed by atoms with van der Waals surface area (Å²) in [5.74, 6) is 0. The van der Waals surface area contributed by atoms with E-state index in [4.69, 9.17) is 11.3 Å². The molecule has 86 valence electrons. The van der Waals surface area contributed by atoms with E-state index in [-0.39, 0.29) is 0 Å². The van der Waals surface area contributed by atoms with Crippen LogP contribution >= 0.6 is 0 Å². The molecule has 0 atom stereocenters. The highest BCUT2D eigenvalue weighted by Crippen LogP contribution is 2.34. The maximum atomic E-state index is 8.58. The molecule has 3 rings (SSSR count). The number of benzene rings is 2. The SMILES string of the molecule is [N-]=[N+]=Nc1cccc2nc3ccccc3c(N)c12. The van der Waals surface area contributed by atoms with E-state index < -0.39 is 0 Å². The van der Waals surface area contributed by atoms with Crippen molar-refractivity contribution in [1.29, 1.82) is 0 Å². The van der Waals surface area contributed by atoms with E-state index in [1.54, 1.807) is 12.1 Å². The number of hydrogen-bond donors (Lipinski definition) is 1. The summed E-state index contributed by atoms with van der Waals surface area (Å²) < 4.78 is 0. The van der Waals surface area contributed by atoms with Gasteiger partial charge in [-0.1, -0.05) is 35.4 Å². The molecule has 18 heavy (non-hydrogen) atoms. The molecule has 0 amide bonds. The molecule has 0 unspecified atom stereocenters. The molecule has 3 aromatic rings. The lowest BCUT2D eigenvalue weighted by Crippen LogP contribution is -1.92. The fourth-order valence-corrected chi connectivity index (χ4v) is 2.09. The maximum absolute atomic E-state index is 8.58. The minimum atomic E-state index is 0.505. The zero-order valence-corrected chi connectivity index (χ0v) is 9.41. The average Bonchev–Trinajstić information content (AvgIpc) is 2.39. The summed E-state index contributed by atoms with van der Waals surface area (Å²) in [5.41, 5.74) is 17.4. The lowest BCUT2D eigenvalue weighted by atomic mass is 10.1. The highest BCUT2D eigenvalue weighted by Gasteiger charge is 2.08. The molecule has 2 aromatic carbocycles. The van der Waals surface area contributed by atoms with E-state index in [1.165, 1.54) is 0 Å². The van der Waals surface area contributed by atoms with Gasteiger partial charge in [0.1, 0.15) is 0 Å². The second-order valence-electron chi connectivity index (χ2n) is 3.90. The predicted molar refractivity (Wildman–Crippen MR) is 72.5 cm³/mol. The van der Waals surface area contributed by atoms with Crippen LogP contribution in [-0.2, 0) is 0 Å². The number of rotatable bonds is 1. The number of hydrogen-bond acceptors (Lipinski definition) is 3. The highest BCUT2D eigenvalue weighted by atomic mass is 15.1. The minimum absolute atomic E-state index is 0.505. The average molecular weight is 235 g/mol. The van der Waals surface area contributed by atoms with Crippen LogP contribution < -0.4 is 5.73 Å². The molecule has 5 heteroatoms. The van der Waals surface area contributed by atoms with Crippen molar-refractivity contribution in [2.75, 3.05) is 5.73 Å². The van der Waals surface area contributed by atoms with Crippen LogP contribution in [-0.4, -0.2) is 4.98 Å². The van der Waals surface area contributed by atoms with Gasteiger partial charge < -0.3 is 5.73 Å². The Labute approximate surface area is 102 Å². The number of pyridine rings is 1. The Bertz CT molecular complexity index is 803. The van der Waals surface area contributed by atoms with Gasteiger partial charge in [0, 0.05) is 21.4 Å². The number of para-hydroxylation sites is 1. The third kappa shape index (κ3) is 1.43. The highest BCUT2D eigenvalue weighted by molar-refractivity contribution is 6.10. The number of nitrogens with zero attached hydrogens (tertiary/aromatic N) is 4. The topological polar surface area (TPSA) is 87.7 Å². The Morgan fingerprint density at radius 3 is 2.67 bits per heavy atom. The molecule has 0 bridgehead atoms. The first kappa shape index (κ1) is 10.4. The van der Waals surface area contributed by atoms with E-state index in [0.29, 0.717) is 16.8 Å². The third-order valence-corrected chi connectivity index (χ3v) is 2.88. The smallest absolute Gasteiger partial charge is 0.0735 e. The summed E-state index contributed by atoms with van der Waals surface area (Å²) in [5, 5.41) is 5.23. The molecule has 0 saturated carbocycles. The molecule has 0 aliphatic carbocycles.